The standard InChI is InChI=1S/C8H7FN4O/c9-6-2-1-4(8(10)13-14)7-5(6)3-11-12-7/h1-3,14H,(H2,10,13)(H,11,12). The zero-order chi connectivity index (χ0) is 10.1. The Morgan fingerprint density at radius 3 is 3.07 bits per heavy atom. The Labute approximate surface area is 78.0 Å². The SMILES string of the molecule is NC(=NO)c1ccc(F)c2cn[nH]c12. The van der Waals surface area contributed by atoms with E-state index in [2.05, 4.69) is 15.4 Å². The van der Waals surface area contributed by atoms with Crippen molar-refractivity contribution in [2.75, 3.05) is 0 Å². The number of fused-ring (bicyclic) bond motifs is 1. The molecule has 1 aromatic heterocycles. The number of amidine groups is 1. The fourth-order valence-electron chi connectivity index (χ4n) is 1.27. The first-order valence-electron chi connectivity index (χ1n) is 3.83. The fraction of sp³-hybridized carbons (Fsp3) is 0. The van der Waals surface area contributed by atoms with Crippen LogP contribution in [-0.2, 0) is 0 Å². The van der Waals surface area contributed by atoms with Crippen LogP contribution in [0.15, 0.2) is 23.5 Å². The van der Waals surface area contributed by atoms with E-state index < -0.39 is 5.82 Å². The Bertz CT molecular complexity index is 505. The highest BCUT2D eigenvalue weighted by Gasteiger charge is 2.10. The summed E-state index contributed by atoms with van der Waals surface area (Å²) in [4.78, 5) is 0. The molecule has 0 aliphatic heterocycles. The number of nitrogens with one attached hydrogen (secondary N) is 1. The summed E-state index contributed by atoms with van der Waals surface area (Å²) in [6.45, 7) is 0. The van der Waals surface area contributed by atoms with Crippen LogP contribution in [0.2, 0.25) is 0 Å². The summed E-state index contributed by atoms with van der Waals surface area (Å²) in [5.74, 6) is -0.484. The van der Waals surface area contributed by atoms with Gasteiger partial charge < -0.3 is 10.9 Å². The number of hydrogen-bond donors (Lipinski definition) is 3. The number of H-pyrrole nitrogens is 1. The first kappa shape index (κ1) is 8.49. The largest absolute Gasteiger partial charge is 0.409 e. The number of nitrogens with two attached hydrogens (primary N) is 1. The Morgan fingerprint density at radius 2 is 2.36 bits per heavy atom. The molecule has 6 heteroatoms. The first-order chi connectivity index (χ1) is 6.74. The molecule has 2 aromatic rings. The van der Waals surface area contributed by atoms with E-state index in [0.717, 1.165) is 0 Å². The average Bonchev–Trinajstić information content (AvgIpc) is 2.67. The number of hydrogen-bond acceptors (Lipinski definition) is 3. The van der Waals surface area contributed by atoms with E-state index in [1.807, 2.05) is 0 Å². The summed E-state index contributed by atoms with van der Waals surface area (Å²) in [6.07, 6.45) is 1.35. The van der Waals surface area contributed by atoms with Crippen LogP contribution in [0.4, 0.5) is 4.39 Å². The molecule has 1 heterocycles. The first-order valence-corrected chi connectivity index (χ1v) is 3.83. The molecule has 4 N–H and O–H groups in total. The maximum absolute atomic E-state index is 13.2. The second-order valence-corrected chi connectivity index (χ2v) is 2.74. The maximum Gasteiger partial charge on any atom is 0.172 e. The average molecular weight is 194 g/mol. The molecule has 72 valence electrons. The number of aromatic nitrogens is 2. The third-order valence-electron chi connectivity index (χ3n) is 1.95. The van der Waals surface area contributed by atoms with Crippen LogP contribution in [-0.4, -0.2) is 21.2 Å². The number of benzene rings is 1. The third kappa shape index (κ3) is 1.08. The van der Waals surface area contributed by atoms with Crippen molar-refractivity contribution < 1.29 is 9.60 Å². The molecule has 0 spiro atoms. The van der Waals surface area contributed by atoms with E-state index in [0.29, 0.717) is 16.5 Å². The Morgan fingerprint density at radius 1 is 1.57 bits per heavy atom. The van der Waals surface area contributed by atoms with Gasteiger partial charge in [0, 0.05) is 5.56 Å². The maximum atomic E-state index is 13.2. The highest BCUT2D eigenvalue weighted by Crippen LogP contribution is 2.18. The zero-order valence-electron chi connectivity index (χ0n) is 7.03. The molecule has 0 radical (unpaired) electrons. The summed E-state index contributed by atoms with van der Waals surface area (Å²) in [5, 5.41) is 17.9. The molecule has 0 saturated heterocycles. The van der Waals surface area contributed by atoms with Crippen molar-refractivity contribution >= 4 is 16.7 Å². The molecule has 1 aromatic carbocycles. The molecule has 0 aliphatic carbocycles. The van der Waals surface area contributed by atoms with Gasteiger partial charge in [-0.15, -0.1) is 0 Å². The lowest BCUT2D eigenvalue weighted by atomic mass is 10.1. The summed E-state index contributed by atoms with van der Waals surface area (Å²) < 4.78 is 13.2. The lowest BCUT2D eigenvalue weighted by Crippen LogP contribution is -2.13. The zero-order valence-corrected chi connectivity index (χ0v) is 7.03. The number of halogens is 1. The highest BCUT2D eigenvalue weighted by atomic mass is 19.1. The molecule has 0 amide bonds. The summed E-state index contributed by atoms with van der Waals surface area (Å²) in [5.41, 5.74) is 6.23. The summed E-state index contributed by atoms with van der Waals surface area (Å²) in [6, 6.07) is 2.66. The van der Waals surface area contributed by atoms with Gasteiger partial charge in [0.25, 0.3) is 0 Å². The molecule has 0 aliphatic rings. The van der Waals surface area contributed by atoms with Crippen LogP contribution >= 0.6 is 0 Å². The van der Waals surface area contributed by atoms with Gasteiger partial charge in [0.15, 0.2) is 5.84 Å². The number of aromatic amines is 1. The van der Waals surface area contributed by atoms with Crippen LogP contribution in [0.25, 0.3) is 10.9 Å². The predicted molar refractivity (Wildman–Crippen MR) is 48.6 cm³/mol. The monoisotopic (exact) mass is 194 g/mol. The molecule has 0 fully saturated rings. The van der Waals surface area contributed by atoms with Gasteiger partial charge in [-0.05, 0) is 12.1 Å². The van der Waals surface area contributed by atoms with Gasteiger partial charge in [-0.25, -0.2) is 4.39 Å². The van der Waals surface area contributed by atoms with Crippen molar-refractivity contribution in [1.29, 1.82) is 0 Å². The van der Waals surface area contributed by atoms with Crippen molar-refractivity contribution in [2.45, 2.75) is 0 Å². The third-order valence-corrected chi connectivity index (χ3v) is 1.95. The van der Waals surface area contributed by atoms with E-state index in [-0.39, 0.29) is 5.84 Å². The van der Waals surface area contributed by atoms with Gasteiger partial charge in [0.1, 0.15) is 5.82 Å². The minimum Gasteiger partial charge on any atom is -0.409 e. The lowest BCUT2D eigenvalue weighted by molar-refractivity contribution is 0.318. The van der Waals surface area contributed by atoms with Crippen LogP contribution in [0.3, 0.4) is 0 Å². The van der Waals surface area contributed by atoms with Gasteiger partial charge in [0.2, 0.25) is 0 Å². The Balaban J connectivity index is 2.79. The van der Waals surface area contributed by atoms with Crippen LogP contribution in [0, 0.1) is 5.82 Å². The van der Waals surface area contributed by atoms with E-state index >= 15 is 0 Å². The predicted octanol–water partition coefficient (Wildman–Crippen LogP) is 0.796. The van der Waals surface area contributed by atoms with E-state index in [4.69, 9.17) is 10.9 Å². The van der Waals surface area contributed by atoms with Gasteiger partial charge in [-0.2, -0.15) is 5.10 Å². The Kier molecular flexibility index (Phi) is 1.81. The number of rotatable bonds is 1. The second kappa shape index (κ2) is 2.99. The lowest BCUT2D eigenvalue weighted by Gasteiger charge is -2.00. The summed E-state index contributed by atoms with van der Waals surface area (Å²) >= 11 is 0. The minimum atomic E-state index is -0.400. The molecule has 0 saturated carbocycles. The molecule has 2 rings (SSSR count). The van der Waals surface area contributed by atoms with Gasteiger partial charge in [-0.3, -0.25) is 5.10 Å². The smallest absolute Gasteiger partial charge is 0.172 e. The number of nitrogens with zero attached hydrogens (tertiary/aromatic N) is 2. The van der Waals surface area contributed by atoms with E-state index in [9.17, 15) is 4.39 Å². The Hall–Kier alpha value is -2.11. The normalized spacial score (nSPS) is 12.2. The number of oxime groups is 1. The van der Waals surface area contributed by atoms with E-state index in [1.54, 1.807) is 0 Å². The van der Waals surface area contributed by atoms with Crippen LogP contribution in [0.5, 0.6) is 0 Å². The van der Waals surface area contributed by atoms with Crippen LogP contribution in [0.1, 0.15) is 5.56 Å². The molecular weight excluding hydrogens is 187 g/mol. The molecular formula is C8H7FN4O. The van der Waals surface area contributed by atoms with Crippen molar-refractivity contribution in [3.05, 3.63) is 29.7 Å². The minimum absolute atomic E-state index is 0.0840. The molecule has 0 unspecified atom stereocenters. The van der Waals surface area contributed by atoms with Gasteiger partial charge >= 0.3 is 0 Å². The molecule has 0 bridgehead atoms. The highest BCUT2D eigenvalue weighted by molar-refractivity contribution is 6.07. The van der Waals surface area contributed by atoms with Crippen molar-refractivity contribution in [3.8, 4) is 0 Å². The van der Waals surface area contributed by atoms with Gasteiger partial charge in [-0.1, -0.05) is 5.16 Å². The summed E-state index contributed by atoms with van der Waals surface area (Å²) in [7, 11) is 0. The van der Waals surface area contributed by atoms with E-state index in [1.165, 1.54) is 18.3 Å². The quantitative estimate of drug-likeness (QED) is 0.271. The van der Waals surface area contributed by atoms with Crippen LogP contribution < -0.4 is 5.73 Å². The van der Waals surface area contributed by atoms with Gasteiger partial charge in [0.05, 0.1) is 17.1 Å². The molecule has 14 heavy (non-hydrogen) atoms. The molecule has 0 atom stereocenters. The second-order valence-electron chi connectivity index (χ2n) is 2.74. The van der Waals surface area contributed by atoms with Crippen molar-refractivity contribution in [3.63, 3.8) is 0 Å². The molecule has 5 nitrogen and oxygen atoms in total. The fourth-order valence-corrected chi connectivity index (χ4v) is 1.27. The van der Waals surface area contributed by atoms with Crippen molar-refractivity contribution in [1.82, 2.24) is 10.2 Å². The topological polar surface area (TPSA) is 87.3 Å². The van der Waals surface area contributed by atoms with Crippen molar-refractivity contribution in [2.24, 2.45) is 10.9 Å².